The molecule has 0 amide bonds. The van der Waals surface area contributed by atoms with Crippen molar-refractivity contribution in [2.24, 2.45) is 11.8 Å². The quantitative estimate of drug-likeness (QED) is 0.532. The number of sulfonamides is 1. The number of anilines is 1. The van der Waals surface area contributed by atoms with Crippen LogP contribution in [0.3, 0.4) is 0 Å². The van der Waals surface area contributed by atoms with Gasteiger partial charge in [-0.1, -0.05) is 20.8 Å². The summed E-state index contributed by atoms with van der Waals surface area (Å²) in [5.74, 6) is 5.63. The van der Waals surface area contributed by atoms with Crippen LogP contribution in [0.15, 0.2) is 23.2 Å². The highest BCUT2D eigenvalue weighted by Gasteiger charge is 2.23. The smallest absolute Gasteiger partial charge is 0.244 e. The second-order valence-electron chi connectivity index (χ2n) is 4.37. The lowest BCUT2D eigenvalue weighted by Crippen LogP contribution is -2.38. The molecule has 1 aromatic heterocycles. The predicted molar refractivity (Wildman–Crippen MR) is 71.3 cm³/mol. The van der Waals surface area contributed by atoms with Gasteiger partial charge in [0.2, 0.25) is 10.0 Å². The van der Waals surface area contributed by atoms with E-state index in [1.807, 2.05) is 20.8 Å². The topological polar surface area (TPSA) is 97.1 Å². The molecule has 0 fully saturated rings. The first-order valence-electron chi connectivity index (χ1n) is 5.86. The number of pyridine rings is 1. The molecular formula is C11H20N4O2S. The molecule has 0 radical (unpaired) electrons. The summed E-state index contributed by atoms with van der Waals surface area (Å²) in [6.45, 7) is 5.89. The maximum atomic E-state index is 12.2. The first kappa shape index (κ1) is 14.9. The van der Waals surface area contributed by atoms with Gasteiger partial charge in [-0.05, 0) is 24.5 Å². The molecule has 4 N–H and O–H groups in total. The van der Waals surface area contributed by atoms with Gasteiger partial charge in [-0.2, -0.15) is 0 Å². The van der Waals surface area contributed by atoms with E-state index in [2.05, 4.69) is 15.1 Å². The third-order valence-electron chi connectivity index (χ3n) is 2.75. The first-order chi connectivity index (χ1) is 8.42. The zero-order chi connectivity index (χ0) is 13.8. The molecule has 18 heavy (non-hydrogen) atoms. The summed E-state index contributed by atoms with van der Waals surface area (Å²) < 4.78 is 27.1. The van der Waals surface area contributed by atoms with E-state index in [0.717, 1.165) is 6.42 Å². The third-order valence-corrected chi connectivity index (χ3v) is 4.27. The van der Waals surface area contributed by atoms with Crippen LogP contribution in [0.4, 0.5) is 5.82 Å². The molecule has 0 saturated carbocycles. The van der Waals surface area contributed by atoms with Crippen LogP contribution in [-0.4, -0.2) is 19.4 Å². The van der Waals surface area contributed by atoms with E-state index in [-0.39, 0.29) is 22.7 Å². The van der Waals surface area contributed by atoms with Crippen LogP contribution in [-0.2, 0) is 10.0 Å². The molecule has 1 unspecified atom stereocenters. The van der Waals surface area contributed by atoms with Crippen LogP contribution in [0.2, 0.25) is 0 Å². The number of nitrogens with zero attached hydrogens (tertiary/aromatic N) is 1. The highest BCUT2D eigenvalue weighted by Crippen LogP contribution is 2.18. The lowest BCUT2D eigenvalue weighted by atomic mass is 10.0. The van der Waals surface area contributed by atoms with Crippen LogP contribution in [0.1, 0.15) is 27.2 Å². The summed E-state index contributed by atoms with van der Waals surface area (Å²) >= 11 is 0. The summed E-state index contributed by atoms with van der Waals surface area (Å²) in [5, 5.41) is 0. The normalized spacial score (nSPS) is 13.6. The summed E-state index contributed by atoms with van der Waals surface area (Å²) in [6.07, 6.45) is 2.20. The molecule has 0 spiro atoms. The maximum Gasteiger partial charge on any atom is 0.244 e. The third kappa shape index (κ3) is 3.41. The largest absolute Gasteiger partial charge is 0.307 e. The van der Waals surface area contributed by atoms with Gasteiger partial charge in [0.1, 0.15) is 4.90 Å². The minimum Gasteiger partial charge on any atom is -0.307 e. The van der Waals surface area contributed by atoms with Gasteiger partial charge < -0.3 is 5.43 Å². The molecule has 102 valence electrons. The predicted octanol–water partition coefficient (Wildman–Crippen LogP) is 1.08. The summed E-state index contributed by atoms with van der Waals surface area (Å²) in [5.41, 5.74) is 2.29. The Morgan fingerprint density at radius 1 is 1.44 bits per heavy atom. The fourth-order valence-corrected chi connectivity index (χ4v) is 3.26. The van der Waals surface area contributed by atoms with Crippen LogP contribution in [0.5, 0.6) is 0 Å². The molecule has 0 aromatic carbocycles. The van der Waals surface area contributed by atoms with Gasteiger partial charge >= 0.3 is 0 Å². The number of aromatic nitrogens is 1. The molecule has 0 saturated heterocycles. The number of hydrogen-bond donors (Lipinski definition) is 3. The lowest BCUT2D eigenvalue weighted by molar-refractivity contribution is 0.437. The van der Waals surface area contributed by atoms with Crippen molar-refractivity contribution in [3.63, 3.8) is 0 Å². The molecule has 6 nitrogen and oxygen atoms in total. The Hall–Kier alpha value is -1.18. The van der Waals surface area contributed by atoms with Crippen LogP contribution in [0, 0.1) is 5.92 Å². The van der Waals surface area contributed by atoms with E-state index in [0.29, 0.717) is 0 Å². The highest BCUT2D eigenvalue weighted by molar-refractivity contribution is 7.89. The monoisotopic (exact) mass is 272 g/mol. The van der Waals surface area contributed by atoms with E-state index in [9.17, 15) is 8.42 Å². The van der Waals surface area contributed by atoms with Crippen molar-refractivity contribution in [2.75, 3.05) is 5.43 Å². The van der Waals surface area contributed by atoms with Crippen molar-refractivity contribution >= 4 is 15.8 Å². The molecule has 7 heteroatoms. The Labute approximate surface area is 108 Å². The average molecular weight is 272 g/mol. The van der Waals surface area contributed by atoms with Gasteiger partial charge in [0.15, 0.2) is 5.82 Å². The number of rotatable bonds is 6. The Morgan fingerprint density at radius 3 is 2.61 bits per heavy atom. The summed E-state index contributed by atoms with van der Waals surface area (Å²) in [6, 6.07) is 2.92. The van der Waals surface area contributed by atoms with Crippen molar-refractivity contribution in [1.29, 1.82) is 0 Å². The van der Waals surface area contributed by atoms with Crippen molar-refractivity contribution in [3.05, 3.63) is 18.3 Å². The van der Waals surface area contributed by atoms with Crippen LogP contribution < -0.4 is 16.0 Å². The van der Waals surface area contributed by atoms with E-state index in [1.54, 1.807) is 6.07 Å². The molecule has 1 atom stereocenters. The zero-order valence-electron chi connectivity index (χ0n) is 10.8. The van der Waals surface area contributed by atoms with Gasteiger partial charge in [-0.3, -0.25) is 0 Å². The molecule has 0 aliphatic carbocycles. The molecule has 1 aromatic rings. The SMILES string of the molecule is CCC(NS(=O)(=O)c1cccnc1NN)C(C)C. The van der Waals surface area contributed by atoms with E-state index in [4.69, 9.17) is 5.84 Å². The van der Waals surface area contributed by atoms with Gasteiger partial charge in [0.25, 0.3) is 0 Å². The maximum absolute atomic E-state index is 12.2. The Kier molecular flexibility index (Phi) is 5.06. The number of hydrazine groups is 1. The minimum atomic E-state index is -3.61. The molecule has 1 rings (SSSR count). The minimum absolute atomic E-state index is 0.0617. The highest BCUT2D eigenvalue weighted by atomic mass is 32.2. The average Bonchev–Trinajstić information content (AvgIpc) is 2.35. The van der Waals surface area contributed by atoms with E-state index in [1.165, 1.54) is 12.3 Å². The fourth-order valence-electron chi connectivity index (χ4n) is 1.67. The fraction of sp³-hybridized carbons (Fsp3) is 0.545. The van der Waals surface area contributed by atoms with Crippen molar-refractivity contribution in [1.82, 2.24) is 9.71 Å². The summed E-state index contributed by atoms with van der Waals surface area (Å²) in [7, 11) is -3.61. The number of nitrogens with one attached hydrogen (secondary N) is 2. The molecule has 1 heterocycles. The number of nitrogen functional groups attached to an aromatic ring is 1. The Bertz CT molecular complexity index is 488. The first-order valence-corrected chi connectivity index (χ1v) is 7.34. The molecule has 0 aliphatic rings. The number of nitrogens with two attached hydrogens (primary N) is 1. The molecule has 0 bridgehead atoms. The van der Waals surface area contributed by atoms with Crippen LogP contribution in [0.25, 0.3) is 0 Å². The van der Waals surface area contributed by atoms with Crippen LogP contribution >= 0.6 is 0 Å². The standard InChI is InChI=1S/C11H20N4O2S/c1-4-9(8(2)3)15-18(16,17)10-6-5-7-13-11(10)14-12/h5-9,15H,4,12H2,1-3H3,(H,13,14). The second-order valence-corrected chi connectivity index (χ2v) is 6.06. The van der Waals surface area contributed by atoms with Crippen molar-refractivity contribution in [3.8, 4) is 0 Å². The second kappa shape index (κ2) is 6.12. The van der Waals surface area contributed by atoms with E-state index < -0.39 is 10.0 Å². The molecular weight excluding hydrogens is 252 g/mol. The van der Waals surface area contributed by atoms with Gasteiger partial charge in [-0.25, -0.2) is 24.0 Å². The van der Waals surface area contributed by atoms with Gasteiger partial charge in [-0.15, -0.1) is 0 Å². The molecule has 0 aliphatic heterocycles. The van der Waals surface area contributed by atoms with Gasteiger partial charge in [0.05, 0.1) is 0 Å². The zero-order valence-corrected chi connectivity index (χ0v) is 11.7. The van der Waals surface area contributed by atoms with Gasteiger partial charge in [0, 0.05) is 12.2 Å². The Balaban J connectivity index is 3.06. The van der Waals surface area contributed by atoms with Crippen molar-refractivity contribution in [2.45, 2.75) is 38.1 Å². The number of hydrogen-bond acceptors (Lipinski definition) is 5. The Morgan fingerprint density at radius 2 is 2.11 bits per heavy atom. The van der Waals surface area contributed by atoms with Crippen molar-refractivity contribution < 1.29 is 8.42 Å². The lowest BCUT2D eigenvalue weighted by Gasteiger charge is -2.21. The van der Waals surface area contributed by atoms with E-state index >= 15 is 0 Å². The summed E-state index contributed by atoms with van der Waals surface area (Å²) in [4.78, 5) is 3.95.